The summed E-state index contributed by atoms with van der Waals surface area (Å²) in [4.78, 5) is 41.3. The third-order valence-corrected chi connectivity index (χ3v) is 6.40. The summed E-state index contributed by atoms with van der Waals surface area (Å²) in [6.07, 6.45) is 3.50. The zero-order chi connectivity index (χ0) is 23.0. The summed E-state index contributed by atoms with van der Waals surface area (Å²) in [5, 5.41) is 13.0. The summed E-state index contributed by atoms with van der Waals surface area (Å²) in [6, 6.07) is 7.43. The van der Waals surface area contributed by atoms with Gasteiger partial charge in [-0.2, -0.15) is 0 Å². The normalized spacial score (nSPS) is 23.9. The Morgan fingerprint density at radius 3 is 2.56 bits per heavy atom. The van der Waals surface area contributed by atoms with Gasteiger partial charge in [0.05, 0.1) is 18.0 Å². The van der Waals surface area contributed by atoms with Crippen LogP contribution in [-0.4, -0.2) is 45.6 Å². The molecule has 0 aliphatic carbocycles. The van der Waals surface area contributed by atoms with Crippen molar-refractivity contribution in [3.63, 3.8) is 0 Å². The van der Waals surface area contributed by atoms with Gasteiger partial charge in [-0.15, -0.1) is 0 Å². The quantitative estimate of drug-likeness (QED) is 0.745. The lowest BCUT2D eigenvalue weighted by Crippen LogP contribution is -2.49. The van der Waals surface area contributed by atoms with Crippen LogP contribution in [0.25, 0.3) is 6.08 Å². The second-order valence-corrected chi connectivity index (χ2v) is 8.13. The lowest BCUT2D eigenvalue weighted by molar-refractivity contribution is -0.127. The van der Waals surface area contributed by atoms with Crippen LogP contribution in [0.2, 0.25) is 0 Å². The Balaban J connectivity index is 1.88. The maximum absolute atomic E-state index is 13.5. The molecule has 0 unspecified atom stereocenters. The number of fused-ring (bicyclic) bond motifs is 4. The van der Waals surface area contributed by atoms with Gasteiger partial charge in [0.15, 0.2) is 0 Å². The van der Waals surface area contributed by atoms with Crippen LogP contribution in [0.5, 0.6) is 0 Å². The number of hydrogen-bond donors (Lipinski definition) is 2. The van der Waals surface area contributed by atoms with E-state index in [1.54, 1.807) is 40.7 Å². The number of halogens is 1. The number of benzene rings is 1. The van der Waals surface area contributed by atoms with Crippen molar-refractivity contribution in [3.05, 3.63) is 75.5 Å². The molecule has 4 rings (SSSR count). The fourth-order valence-electron chi connectivity index (χ4n) is 5.04. The van der Waals surface area contributed by atoms with Crippen LogP contribution in [0, 0.1) is 17.7 Å². The average molecular weight is 439 g/mol. The van der Waals surface area contributed by atoms with Crippen molar-refractivity contribution in [2.24, 2.45) is 11.8 Å². The van der Waals surface area contributed by atoms with Gasteiger partial charge in [-0.1, -0.05) is 12.2 Å². The highest BCUT2D eigenvalue weighted by Gasteiger charge is 2.57. The van der Waals surface area contributed by atoms with E-state index in [2.05, 4.69) is 5.32 Å². The molecule has 32 heavy (non-hydrogen) atoms. The smallest absolute Gasteiger partial charge is 0.258 e. The van der Waals surface area contributed by atoms with E-state index in [0.29, 0.717) is 17.8 Å². The molecule has 0 spiro atoms. The van der Waals surface area contributed by atoms with Crippen molar-refractivity contribution in [1.29, 1.82) is 0 Å². The molecule has 168 valence electrons. The molecule has 7 nitrogen and oxygen atoms in total. The van der Waals surface area contributed by atoms with E-state index < -0.39 is 29.7 Å². The van der Waals surface area contributed by atoms with Gasteiger partial charge in [0.25, 0.3) is 11.5 Å². The van der Waals surface area contributed by atoms with Crippen molar-refractivity contribution in [2.45, 2.75) is 32.5 Å². The van der Waals surface area contributed by atoms with E-state index in [1.807, 2.05) is 6.92 Å². The van der Waals surface area contributed by atoms with Crippen LogP contribution < -0.4 is 10.9 Å². The molecular formula is C24H26FN3O4. The van der Waals surface area contributed by atoms with E-state index in [1.165, 1.54) is 24.3 Å². The minimum atomic E-state index is -0.720. The average Bonchev–Trinajstić information content (AvgIpc) is 3.02. The zero-order valence-electron chi connectivity index (χ0n) is 18.0. The van der Waals surface area contributed by atoms with Gasteiger partial charge < -0.3 is 19.9 Å². The molecule has 1 aromatic heterocycles. The van der Waals surface area contributed by atoms with E-state index >= 15 is 0 Å². The Morgan fingerprint density at radius 1 is 1.22 bits per heavy atom. The lowest BCUT2D eigenvalue weighted by Gasteiger charge is -2.38. The third kappa shape index (κ3) is 3.44. The first-order valence-electron chi connectivity index (χ1n) is 10.8. The molecule has 1 aromatic carbocycles. The first-order chi connectivity index (χ1) is 15.4. The maximum atomic E-state index is 13.5. The molecule has 1 fully saturated rings. The van der Waals surface area contributed by atoms with Crippen molar-refractivity contribution in [3.8, 4) is 0 Å². The highest BCUT2D eigenvalue weighted by Crippen LogP contribution is 2.48. The molecule has 0 radical (unpaired) electrons. The van der Waals surface area contributed by atoms with Crippen molar-refractivity contribution < 1.29 is 19.1 Å². The van der Waals surface area contributed by atoms with Crippen molar-refractivity contribution >= 4 is 17.9 Å². The summed E-state index contributed by atoms with van der Waals surface area (Å²) in [7, 11) is 0. The first kappa shape index (κ1) is 22.0. The molecule has 2 aliphatic heterocycles. The van der Waals surface area contributed by atoms with Gasteiger partial charge in [0, 0.05) is 42.4 Å². The van der Waals surface area contributed by atoms with E-state index in [-0.39, 0.29) is 36.1 Å². The maximum Gasteiger partial charge on any atom is 0.258 e. The number of aliphatic hydroxyl groups excluding tert-OH is 1. The molecular weight excluding hydrogens is 413 g/mol. The fourth-order valence-corrected chi connectivity index (χ4v) is 5.04. The SMILES string of the molecule is C/C=C\c1ccc2n(c1=O)C[C@@H]1[C@@H](CO)[C@H](C(=O)NCC)[C@H]2N1C(=O)c1ccc(F)cc1. The number of hydrogen-bond acceptors (Lipinski definition) is 4. The number of rotatable bonds is 5. The van der Waals surface area contributed by atoms with Crippen molar-refractivity contribution in [1.82, 2.24) is 14.8 Å². The largest absolute Gasteiger partial charge is 0.396 e. The van der Waals surface area contributed by atoms with Crippen LogP contribution in [0.1, 0.15) is 41.5 Å². The topological polar surface area (TPSA) is 91.6 Å². The van der Waals surface area contributed by atoms with Crippen LogP contribution >= 0.6 is 0 Å². The summed E-state index contributed by atoms with van der Waals surface area (Å²) in [5.41, 5.74) is 1.17. The van der Waals surface area contributed by atoms with Gasteiger partial charge in [-0.05, 0) is 50.2 Å². The number of amides is 2. The van der Waals surface area contributed by atoms with Gasteiger partial charge in [-0.3, -0.25) is 14.4 Å². The molecule has 0 saturated carbocycles. The van der Waals surface area contributed by atoms with E-state index in [0.717, 1.165) is 0 Å². The number of aromatic nitrogens is 1. The molecule has 1 saturated heterocycles. The minimum Gasteiger partial charge on any atom is -0.396 e. The van der Waals surface area contributed by atoms with Gasteiger partial charge in [0.1, 0.15) is 5.82 Å². The van der Waals surface area contributed by atoms with Crippen molar-refractivity contribution in [2.75, 3.05) is 13.2 Å². The Morgan fingerprint density at radius 2 is 1.94 bits per heavy atom. The van der Waals surface area contributed by atoms with Gasteiger partial charge in [-0.25, -0.2) is 4.39 Å². The van der Waals surface area contributed by atoms with Gasteiger partial charge >= 0.3 is 0 Å². The van der Waals surface area contributed by atoms with E-state index in [4.69, 9.17) is 0 Å². The number of pyridine rings is 1. The Hall–Kier alpha value is -3.26. The molecule has 8 heteroatoms. The second-order valence-electron chi connectivity index (χ2n) is 8.13. The first-order valence-corrected chi connectivity index (χ1v) is 10.8. The fraction of sp³-hybridized carbons (Fsp3) is 0.375. The number of carbonyl (C=O) groups excluding carboxylic acids is 2. The number of carbonyl (C=O) groups is 2. The third-order valence-electron chi connectivity index (χ3n) is 6.40. The molecule has 2 bridgehead atoms. The molecule has 4 atom stereocenters. The predicted molar refractivity (Wildman–Crippen MR) is 117 cm³/mol. The van der Waals surface area contributed by atoms with E-state index in [9.17, 15) is 23.9 Å². The second kappa shape index (κ2) is 8.70. The molecule has 2 aromatic rings. The van der Waals surface area contributed by atoms with Crippen LogP contribution in [0.3, 0.4) is 0 Å². The summed E-state index contributed by atoms with van der Waals surface area (Å²) < 4.78 is 15.0. The monoisotopic (exact) mass is 439 g/mol. The minimum absolute atomic E-state index is 0.171. The van der Waals surface area contributed by atoms with Gasteiger partial charge in [0.2, 0.25) is 5.91 Å². The molecule has 2 amide bonds. The Kier molecular flexibility index (Phi) is 5.97. The number of allylic oxidation sites excluding steroid dienone is 1. The molecule has 2 aliphatic rings. The molecule has 2 N–H and O–H groups in total. The zero-order valence-corrected chi connectivity index (χ0v) is 18.0. The highest BCUT2D eigenvalue weighted by atomic mass is 19.1. The summed E-state index contributed by atoms with van der Waals surface area (Å²) in [5.74, 6) is -2.34. The van der Waals surface area contributed by atoms with Crippen LogP contribution in [0.15, 0.2) is 47.3 Å². The summed E-state index contributed by atoms with van der Waals surface area (Å²) >= 11 is 0. The predicted octanol–water partition coefficient (Wildman–Crippen LogP) is 1.96. The number of aliphatic hydroxyl groups is 1. The van der Waals surface area contributed by atoms with Crippen LogP contribution in [-0.2, 0) is 11.3 Å². The van der Waals surface area contributed by atoms with Crippen LogP contribution in [0.4, 0.5) is 4.39 Å². The number of nitrogens with one attached hydrogen (secondary N) is 1. The Labute approximate surface area is 185 Å². The summed E-state index contributed by atoms with van der Waals surface area (Å²) in [6.45, 7) is 3.90. The molecule has 3 heterocycles. The lowest BCUT2D eigenvalue weighted by atomic mass is 9.86. The highest BCUT2D eigenvalue weighted by molar-refractivity contribution is 5.96. The number of nitrogens with zero attached hydrogens (tertiary/aromatic N) is 2. The Bertz CT molecular complexity index is 1130. The standard InChI is InChI=1S/C24H26FN3O4/c1-3-5-14-8-11-18-21-20(22(30)26-4-2)17(13-29)19(12-27(18)23(14)31)28(21)24(32)15-6-9-16(25)10-7-15/h3,5-11,17,19-21,29H,4,12-13H2,1-2H3,(H,26,30)/b5-3-/t17-,19-,20+,21+/m1/s1.